The van der Waals surface area contributed by atoms with Crippen molar-refractivity contribution < 1.29 is 4.79 Å². The predicted octanol–water partition coefficient (Wildman–Crippen LogP) is 2.89. The summed E-state index contributed by atoms with van der Waals surface area (Å²) in [6, 6.07) is 7.59. The molecule has 4 heteroatoms. The SMILES string of the molecule is CC(C)CCC(NC(=O)CN)c1ccc(Cl)cc1. The van der Waals surface area contributed by atoms with Crippen LogP contribution in [0.25, 0.3) is 0 Å². The summed E-state index contributed by atoms with van der Waals surface area (Å²) in [5.41, 5.74) is 6.42. The first-order valence-corrected chi connectivity index (χ1v) is 6.65. The van der Waals surface area contributed by atoms with Crippen molar-refractivity contribution in [3.8, 4) is 0 Å². The molecule has 0 bridgehead atoms. The van der Waals surface area contributed by atoms with Crippen LogP contribution in [0.4, 0.5) is 0 Å². The fourth-order valence-electron chi connectivity index (χ4n) is 1.77. The van der Waals surface area contributed by atoms with Crippen LogP contribution in [0.5, 0.6) is 0 Å². The number of halogens is 1. The average molecular weight is 269 g/mol. The Labute approximate surface area is 114 Å². The van der Waals surface area contributed by atoms with Gasteiger partial charge in [-0.05, 0) is 36.5 Å². The Balaban J connectivity index is 2.75. The molecule has 18 heavy (non-hydrogen) atoms. The van der Waals surface area contributed by atoms with E-state index in [2.05, 4.69) is 19.2 Å². The molecule has 1 amide bonds. The smallest absolute Gasteiger partial charge is 0.234 e. The monoisotopic (exact) mass is 268 g/mol. The molecule has 0 radical (unpaired) electrons. The van der Waals surface area contributed by atoms with E-state index < -0.39 is 0 Å². The lowest BCUT2D eigenvalue weighted by atomic mass is 9.97. The van der Waals surface area contributed by atoms with Gasteiger partial charge in [-0.15, -0.1) is 0 Å². The van der Waals surface area contributed by atoms with Crippen molar-refractivity contribution >= 4 is 17.5 Å². The van der Waals surface area contributed by atoms with Gasteiger partial charge in [0.05, 0.1) is 12.6 Å². The summed E-state index contributed by atoms with van der Waals surface area (Å²) < 4.78 is 0. The fraction of sp³-hybridized carbons (Fsp3) is 0.500. The van der Waals surface area contributed by atoms with Crippen LogP contribution in [0.15, 0.2) is 24.3 Å². The van der Waals surface area contributed by atoms with Crippen molar-refractivity contribution in [2.75, 3.05) is 6.54 Å². The highest BCUT2D eigenvalue weighted by Crippen LogP contribution is 2.22. The molecule has 100 valence electrons. The molecule has 0 aliphatic rings. The number of benzene rings is 1. The molecule has 1 aromatic rings. The lowest BCUT2D eigenvalue weighted by Gasteiger charge is -2.20. The molecule has 1 rings (SSSR count). The van der Waals surface area contributed by atoms with Gasteiger partial charge in [0.25, 0.3) is 0 Å². The van der Waals surface area contributed by atoms with E-state index in [1.807, 2.05) is 24.3 Å². The summed E-state index contributed by atoms with van der Waals surface area (Å²) in [6.07, 6.45) is 1.96. The molecule has 0 saturated carbocycles. The molecule has 1 aromatic carbocycles. The Morgan fingerprint density at radius 3 is 2.39 bits per heavy atom. The minimum Gasteiger partial charge on any atom is -0.348 e. The molecule has 3 nitrogen and oxygen atoms in total. The first-order valence-electron chi connectivity index (χ1n) is 6.27. The summed E-state index contributed by atoms with van der Waals surface area (Å²) in [5.74, 6) is 0.480. The molecule has 0 aromatic heterocycles. The number of carbonyl (C=O) groups excluding carboxylic acids is 1. The van der Waals surface area contributed by atoms with Gasteiger partial charge >= 0.3 is 0 Å². The van der Waals surface area contributed by atoms with Crippen molar-refractivity contribution in [1.29, 1.82) is 0 Å². The van der Waals surface area contributed by atoms with Gasteiger partial charge in [0.1, 0.15) is 0 Å². The predicted molar refractivity (Wildman–Crippen MR) is 75.5 cm³/mol. The quantitative estimate of drug-likeness (QED) is 0.834. The minimum absolute atomic E-state index is 0.0146. The van der Waals surface area contributed by atoms with Gasteiger partial charge in [-0.3, -0.25) is 4.79 Å². The molecule has 3 N–H and O–H groups in total. The Bertz CT molecular complexity index is 376. The Morgan fingerprint density at radius 2 is 1.89 bits per heavy atom. The van der Waals surface area contributed by atoms with Crippen LogP contribution >= 0.6 is 11.6 Å². The zero-order valence-electron chi connectivity index (χ0n) is 10.9. The van der Waals surface area contributed by atoms with Crippen molar-refractivity contribution in [3.63, 3.8) is 0 Å². The summed E-state index contributed by atoms with van der Waals surface area (Å²) in [7, 11) is 0. The summed E-state index contributed by atoms with van der Waals surface area (Å²) in [6.45, 7) is 4.36. The van der Waals surface area contributed by atoms with Crippen LogP contribution in [-0.4, -0.2) is 12.5 Å². The topological polar surface area (TPSA) is 55.1 Å². The fourth-order valence-corrected chi connectivity index (χ4v) is 1.90. The first kappa shape index (κ1) is 15.0. The number of hydrogen-bond donors (Lipinski definition) is 2. The van der Waals surface area contributed by atoms with E-state index in [-0.39, 0.29) is 18.5 Å². The number of amides is 1. The Hall–Kier alpha value is -1.06. The van der Waals surface area contributed by atoms with E-state index in [1.165, 1.54) is 0 Å². The maximum atomic E-state index is 11.4. The second kappa shape index (κ2) is 7.39. The number of nitrogens with one attached hydrogen (secondary N) is 1. The number of carbonyl (C=O) groups is 1. The number of hydrogen-bond acceptors (Lipinski definition) is 2. The second-order valence-electron chi connectivity index (χ2n) is 4.85. The van der Waals surface area contributed by atoms with Gasteiger partial charge in [-0.25, -0.2) is 0 Å². The first-order chi connectivity index (χ1) is 8.52. The highest BCUT2D eigenvalue weighted by atomic mass is 35.5. The molecular weight excluding hydrogens is 248 g/mol. The molecule has 0 heterocycles. The lowest BCUT2D eigenvalue weighted by Crippen LogP contribution is -2.33. The standard InChI is InChI=1S/C14H21ClN2O/c1-10(2)3-8-13(17-14(18)9-16)11-4-6-12(15)7-5-11/h4-7,10,13H,3,8-9,16H2,1-2H3,(H,17,18). The molecule has 1 unspecified atom stereocenters. The maximum Gasteiger partial charge on any atom is 0.234 e. The van der Waals surface area contributed by atoms with Crippen LogP contribution in [0.2, 0.25) is 5.02 Å². The van der Waals surface area contributed by atoms with Gasteiger partial charge in [0.15, 0.2) is 0 Å². The van der Waals surface area contributed by atoms with E-state index in [4.69, 9.17) is 17.3 Å². The molecule has 1 atom stereocenters. The molecule has 0 aliphatic heterocycles. The van der Waals surface area contributed by atoms with Crippen LogP contribution in [0, 0.1) is 5.92 Å². The van der Waals surface area contributed by atoms with E-state index in [1.54, 1.807) is 0 Å². The Kier molecular flexibility index (Phi) is 6.16. The van der Waals surface area contributed by atoms with Crippen molar-refractivity contribution in [3.05, 3.63) is 34.9 Å². The summed E-state index contributed by atoms with van der Waals surface area (Å²) in [4.78, 5) is 11.4. The van der Waals surface area contributed by atoms with Crippen LogP contribution in [0.1, 0.15) is 38.3 Å². The largest absolute Gasteiger partial charge is 0.348 e. The van der Waals surface area contributed by atoms with Gasteiger partial charge in [0.2, 0.25) is 5.91 Å². The highest BCUT2D eigenvalue weighted by Gasteiger charge is 2.14. The summed E-state index contributed by atoms with van der Waals surface area (Å²) in [5, 5.41) is 3.65. The third-order valence-corrected chi connectivity index (χ3v) is 3.08. The van der Waals surface area contributed by atoms with Crippen LogP contribution < -0.4 is 11.1 Å². The highest BCUT2D eigenvalue weighted by molar-refractivity contribution is 6.30. The third-order valence-electron chi connectivity index (χ3n) is 2.83. The van der Waals surface area contributed by atoms with Gasteiger partial charge in [-0.2, -0.15) is 0 Å². The van der Waals surface area contributed by atoms with Crippen LogP contribution in [-0.2, 0) is 4.79 Å². The van der Waals surface area contributed by atoms with E-state index in [9.17, 15) is 4.79 Å². The molecular formula is C14H21ClN2O. The maximum absolute atomic E-state index is 11.4. The van der Waals surface area contributed by atoms with Crippen LogP contribution in [0.3, 0.4) is 0 Å². The Morgan fingerprint density at radius 1 is 1.28 bits per heavy atom. The molecule has 0 spiro atoms. The lowest BCUT2D eigenvalue weighted by molar-refractivity contribution is -0.120. The third kappa shape index (κ3) is 5.07. The van der Waals surface area contributed by atoms with Gasteiger partial charge in [0, 0.05) is 5.02 Å². The molecule has 0 saturated heterocycles. The van der Waals surface area contributed by atoms with Crippen molar-refractivity contribution in [2.45, 2.75) is 32.7 Å². The van der Waals surface area contributed by atoms with Gasteiger partial charge < -0.3 is 11.1 Å². The van der Waals surface area contributed by atoms with E-state index in [0.717, 1.165) is 18.4 Å². The zero-order chi connectivity index (χ0) is 13.5. The molecule has 0 fully saturated rings. The second-order valence-corrected chi connectivity index (χ2v) is 5.28. The van der Waals surface area contributed by atoms with E-state index in [0.29, 0.717) is 10.9 Å². The minimum atomic E-state index is -0.126. The van der Waals surface area contributed by atoms with Gasteiger partial charge in [-0.1, -0.05) is 37.6 Å². The van der Waals surface area contributed by atoms with E-state index >= 15 is 0 Å². The zero-order valence-corrected chi connectivity index (χ0v) is 11.7. The number of rotatable bonds is 6. The molecule has 0 aliphatic carbocycles. The number of nitrogens with two attached hydrogens (primary N) is 1. The van der Waals surface area contributed by atoms with Crippen molar-refractivity contribution in [2.24, 2.45) is 11.7 Å². The average Bonchev–Trinajstić information content (AvgIpc) is 2.35. The normalized spacial score (nSPS) is 12.5. The summed E-state index contributed by atoms with van der Waals surface area (Å²) >= 11 is 5.87. The van der Waals surface area contributed by atoms with Crippen molar-refractivity contribution in [1.82, 2.24) is 5.32 Å².